The maximum atomic E-state index is 12.0. The number of nitrogens with two attached hydrogens (primary N) is 1. The molecule has 0 bridgehead atoms. The highest BCUT2D eigenvalue weighted by molar-refractivity contribution is 7.89. The molecule has 33 heavy (non-hydrogen) atoms. The Morgan fingerprint density at radius 2 is 1.88 bits per heavy atom. The molecule has 0 saturated heterocycles. The Bertz CT molecular complexity index is 1290. The van der Waals surface area contributed by atoms with Crippen LogP contribution in [0.3, 0.4) is 0 Å². The number of thiazole rings is 1. The SMILES string of the molecule is CCOC(=O)c1sc(Nc2nc(NCc3ccc(S(N)(=O)=O)cc3)cc(C(=O)O)n2)nc1C. The lowest BCUT2D eigenvalue weighted by molar-refractivity contribution is 0.0530. The van der Waals surface area contributed by atoms with Crippen LogP contribution in [0.5, 0.6) is 0 Å². The lowest BCUT2D eigenvalue weighted by atomic mass is 10.2. The number of carbonyl (C=O) groups is 2. The fourth-order valence-corrected chi connectivity index (χ4v) is 3.99. The molecule has 0 saturated carbocycles. The van der Waals surface area contributed by atoms with E-state index in [1.54, 1.807) is 26.0 Å². The van der Waals surface area contributed by atoms with Crippen molar-refractivity contribution in [2.24, 2.45) is 5.14 Å². The Morgan fingerprint density at radius 1 is 1.18 bits per heavy atom. The van der Waals surface area contributed by atoms with Gasteiger partial charge >= 0.3 is 11.9 Å². The number of esters is 1. The van der Waals surface area contributed by atoms with E-state index in [2.05, 4.69) is 25.6 Å². The predicted molar refractivity (Wildman–Crippen MR) is 120 cm³/mol. The standard InChI is InChI=1S/C19H20N6O6S2/c1-3-31-17(28)15-10(2)22-19(32-15)25-18-23-13(16(26)27)8-14(24-18)21-9-11-4-6-12(7-5-11)33(20,29)30/h4-8H,3,9H2,1-2H3,(H,26,27)(H2,20,29,30)(H2,21,22,23,24,25). The molecule has 174 valence electrons. The second-order valence-electron chi connectivity index (χ2n) is 6.59. The summed E-state index contributed by atoms with van der Waals surface area (Å²) in [5.74, 6) is -1.59. The molecule has 0 radical (unpaired) electrons. The Kier molecular flexibility index (Phi) is 7.20. The monoisotopic (exact) mass is 492 g/mol. The van der Waals surface area contributed by atoms with Crippen molar-refractivity contribution in [3.05, 3.63) is 52.2 Å². The summed E-state index contributed by atoms with van der Waals surface area (Å²) in [6.07, 6.45) is 0. The van der Waals surface area contributed by atoms with E-state index in [0.717, 1.165) is 11.3 Å². The predicted octanol–water partition coefficient (Wildman–Crippen LogP) is 2.12. The quantitative estimate of drug-likeness (QED) is 0.320. The third kappa shape index (κ3) is 6.21. The van der Waals surface area contributed by atoms with E-state index in [9.17, 15) is 23.1 Å². The van der Waals surface area contributed by atoms with E-state index in [1.807, 2.05) is 0 Å². The molecule has 3 aromatic rings. The van der Waals surface area contributed by atoms with Crippen molar-refractivity contribution < 1.29 is 27.9 Å². The van der Waals surface area contributed by atoms with Crippen molar-refractivity contribution in [3.63, 3.8) is 0 Å². The second-order valence-corrected chi connectivity index (χ2v) is 9.15. The average Bonchev–Trinajstić information content (AvgIpc) is 3.12. The van der Waals surface area contributed by atoms with Crippen molar-refractivity contribution in [2.45, 2.75) is 25.3 Å². The number of carbonyl (C=O) groups excluding carboxylic acids is 1. The molecule has 0 aliphatic carbocycles. The zero-order valence-corrected chi connectivity index (χ0v) is 19.2. The van der Waals surface area contributed by atoms with Gasteiger partial charge in [-0.25, -0.2) is 33.1 Å². The number of carboxylic acids is 1. The lowest BCUT2D eigenvalue weighted by Crippen LogP contribution is -2.12. The van der Waals surface area contributed by atoms with Gasteiger partial charge < -0.3 is 15.2 Å². The van der Waals surface area contributed by atoms with Crippen LogP contribution in [0.15, 0.2) is 35.2 Å². The number of ether oxygens (including phenoxy) is 1. The molecule has 0 unspecified atom stereocenters. The van der Waals surface area contributed by atoms with Gasteiger partial charge in [-0.1, -0.05) is 23.5 Å². The summed E-state index contributed by atoms with van der Waals surface area (Å²) >= 11 is 1.03. The maximum Gasteiger partial charge on any atom is 0.354 e. The molecule has 0 atom stereocenters. The van der Waals surface area contributed by atoms with Gasteiger partial charge in [-0.2, -0.15) is 4.98 Å². The molecule has 0 aliphatic rings. The van der Waals surface area contributed by atoms with E-state index in [-0.39, 0.29) is 35.5 Å². The van der Waals surface area contributed by atoms with Crippen LogP contribution in [0.25, 0.3) is 0 Å². The smallest absolute Gasteiger partial charge is 0.354 e. The molecule has 2 heterocycles. The number of aromatic nitrogens is 3. The largest absolute Gasteiger partial charge is 0.477 e. The molecule has 0 fully saturated rings. The number of nitrogens with one attached hydrogen (secondary N) is 2. The lowest BCUT2D eigenvalue weighted by Gasteiger charge is -2.09. The highest BCUT2D eigenvalue weighted by Gasteiger charge is 2.18. The molecule has 0 amide bonds. The zero-order valence-electron chi connectivity index (χ0n) is 17.5. The van der Waals surface area contributed by atoms with E-state index in [1.165, 1.54) is 18.2 Å². The van der Waals surface area contributed by atoms with E-state index in [4.69, 9.17) is 9.88 Å². The zero-order chi connectivity index (χ0) is 24.2. The first-order valence-electron chi connectivity index (χ1n) is 9.46. The van der Waals surface area contributed by atoms with Crippen LogP contribution in [-0.2, 0) is 21.3 Å². The normalized spacial score (nSPS) is 11.1. The van der Waals surface area contributed by atoms with Crippen LogP contribution in [0.4, 0.5) is 16.9 Å². The van der Waals surface area contributed by atoms with Crippen LogP contribution in [0.2, 0.25) is 0 Å². The third-order valence-corrected chi connectivity index (χ3v) is 6.13. The first kappa shape index (κ1) is 24.0. The summed E-state index contributed by atoms with van der Waals surface area (Å²) in [4.78, 5) is 36.2. The molecule has 0 aliphatic heterocycles. The summed E-state index contributed by atoms with van der Waals surface area (Å²) in [5.41, 5.74) is 0.900. The number of nitrogens with zero attached hydrogens (tertiary/aromatic N) is 3. The fourth-order valence-electron chi connectivity index (χ4n) is 2.62. The van der Waals surface area contributed by atoms with Gasteiger partial charge in [0.05, 0.1) is 17.2 Å². The van der Waals surface area contributed by atoms with Crippen LogP contribution >= 0.6 is 11.3 Å². The molecule has 2 aromatic heterocycles. The number of aryl methyl sites for hydroxylation is 1. The number of aromatic carboxylic acids is 1. The first-order chi connectivity index (χ1) is 15.6. The molecular weight excluding hydrogens is 472 g/mol. The average molecular weight is 493 g/mol. The van der Waals surface area contributed by atoms with Crippen molar-refractivity contribution in [3.8, 4) is 0 Å². The van der Waals surface area contributed by atoms with Crippen LogP contribution in [0, 0.1) is 6.92 Å². The minimum Gasteiger partial charge on any atom is -0.477 e. The fraction of sp³-hybridized carbons (Fsp3) is 0.211. The molecular formula is C19H20N6O6S2. The number of hydrogen-bond donors (Lipinski definition) is 4. The molecule has 12 nitrogen and oxygen atoms in total. The minimum absolute atomic E-state index is 0.0196. The summed E-state index contributed by atoms with van der Waals surface area (Å²) in [6.45, 7) is 3.80. The number of rotatable bonds is 9. The van der Waals surface area contributed by atoms with Crippen molar-refractivity contribution in [1.82, 2.24) is 15.0 Å². The third-order valence-electron chi connectivity index (χ3n) is 4.15. The van der Waals surface area contributed by atoms with Gasteiger partial charge in [0.2, 0.25) is 16.0 Å². The van der Waals surface area contributed by atoms with Crippen molar-refractivity contribution >= 4 is 50.2 Å². The summed E-state index contributed by atoms with van der Waals surface area (Å²) in [5, 5.41) is 20.5. The molecule has 0 spiro atoms. The summed E-state index contributed by atoms with van der Waals surface area (Å²) in [6, 6.07) is 7.13. The van der Waals surface area contributed by atoms with Gasteiger partial charge in [0.25, 0.3) is 0 Å². The van der Waals surface area contributed by atoms with Crippen LogP contribution in [0.1, 0.15) is 38.3 Å². The molecule has 1 aromatic carbocycles. The molecule has 3 rings (SSSR count). The van der Waals surface area contributed by atoms with E-state index in [0.29, 0.717) is 21.3 Å². The molecule has 5 N–H and O–H groups in total. The van der Waals surface area contributed by atoms with Crippen molar-refractivity contribution in [1.29, 1.82) is 0 Å². The Hall–Kier alpha value is -3.62. The Morgan fingerprint density at radius 3 is 2.48 bits per heavy atom. The van der Waals surface area contributed by atoms with Gasteiger partial charge in [0, 0.05) is 12.6 Å². The van der Waals surface area contributed by atoms with Gasteiger partial charge in [-0.05, 0) is 31.5 Å². The summed E-state index contributed by atoms with van der Waals surface area (Å²) in [7, 11) is -3.80. The van der Waals surface area contributed by atoms with Gasteiger partial charge in [0.15, 0.2) is 10.8 Å². The van der Waals surface area contributed by atoms with Gasteiger partial charge in [0.1, 0.15) is 10.7 Å². The highest BCUT2D eigenvalue weighted by atomic mass is 32.2. The van der Waals surface area contributed by atoms with Crippen molar-refractivity contribution in [2.75, 3.05) is 17.2 Å². The van der Waals surface area contributed by atoms with E-state index >= 15 is 0 Å². The number of anilines is 3. The summed E-state index contributed by atoms with van der Waals surface area (Å²) < 4.78 is 27.7. The maximum absolute atomic E-state index is 12.0. The first-order valence-corrected chi connectivity index (χ1v) is 11.8. The number of benzene rings is 1. The number of hydrogen-bond acceptors (Lipinski definition) is 11. The van der Waals surface area contributed by atoms with E-state index < -0.39 is 22.0 Å². The van der Waals surface area contributed by atoms with Crippen LogP contribution < -0.4 is 15.8 Å². The molecule has 14 heteroatoms. The number of carboxylic acid groups (broad SMARTS) is 1. The van der Waals surface area contributed by atoms with Crippen LogP contribution in [-0.4, -0.2) is 47.0 Å². The number of primary sulfonamides is 1. The van der Waals surface area contributed by atoms with Gasteiger partial charge in [-0.3, -0.25) is 5.32 Å². The minimum atomic E-state index is -3.80. The topological polar surface area (TPSA) is 186 Å². The number of sulfonamides is 1. The Balaban J connectivity index is 1.79. The highest BCUT2D eigenvalue weighted by Crippen LogP contribution is 2.26. The Labute approximate surface area is 192 Å². The van der Waals surface area contributed by atoms with Gasteiger partial charge in [-0.15, -0.1) is 0 Å². The second kappa shape index (κ2) is 9.89.